The molecule has 0 aliphatic carbocycles. The highest BCUT2D eigenvalue weighted by Crippen LogP contribution is 2.21. The van der Waals surface area contributed by atoms with E-state index in [2.05, 4.69) is 31.2 Å². The molecule has 0 aliphatic heterocycles. The van der Waals surface area contributed by atoms with Crippen LogP contribution in [-0.2, 0) is 0 Å². The summed E-state index contributed by atoms with van der Waals surface area (Å²) in [6.07, 6.45) is 0. The van der Waals surface area contributed by atoms with Crippen molar-refractivity contribution in [3.8, 4) is 5.75 Å². The standard InChI is InChI=1S/C11H11BrN4O/c1-17-8-4-2-3-7(5-8)14-11-15-9(12)6-10(13)16-11/h2-6H,1H3,(H3,13,14,15,16). The van der Waals surface area contributed by atoms with E-state index in [1.165, 1.54) is 0 Å². The number of nitrogens with two attached hydrogens (primary N) is 1. The lowest BCUT2D eigenvalue weighted by atomic mass is 10.3. The van der Waals surface area contributed by atoms with Crippen LogP contribution in [0.4, 0.5) is 17.5 Å². The zero-order valence-electron chi connectivity index (χ0n) is 9.14. The van der Waals surface area contributed by atoms with Gasteiger partial charge in [-0.05, 0) is 28.1 Å². The largest absolute Gasteiger partial charge is 0.497 e. The van der Waals surface area contributed by atoms with Crippen molar-refractivity contribution in [2.24, 2.45) is 0 Å². The Morgan fingerprint density at radius 2 is 2.12 bits per heavy atom. The smallest absolute Gasteiger partial charge is 0.230 e. The number of anilines is 3. The maximum absolute atomic E-state index is 5.62. The number of methoxy groups -OCH3 is 1. The van der Waals surface area contributed by atoms with Gasteiger partial charge in [-0.3, -0.25) is 0 Å². The molecule has 5 nitrogen and oxygen atoms in total. The molecular weight excluding hydrogens is 284 g/mol. The van der Waals surface area contributed by atoms with Gasteiger partial charge < -0.3 is 15.8 Å². The number of rotatable bonds is 3. The van der Waals surface area contributed by atoms with Gasteiger partial charge in [-0.15, -0.1) is 0 Å². The van der Waals surface area contributed by atoms with Crippen LogP contribution in [0.25, 0.3) is 0 Å². The summed E-state index contributed by atoms with van der Waals surface area (Å²) in [7, 11) is 1.62. The van der Waals surface area contributed by atoms with E-state index in [1.807, 2.05) is 24.3 Å². The molecule has 0 radical (unpaired) electrons. The van der Waals surface area contributed by atoms with Gasteiger partial charge in [0.15, 0.2) is 0 Å². The lowest BCUT2D eigenvalue weighted by Crippen LogP contribution is -2.00. The first-order valence-electron chi connectivity index (χ1n) is 4.88. The molecule has 0 aliphatic rings. The number of halogens is 1. The van der Waals surface area contributed by atoms with E-state index >= 15 is 0 Å². The van der Waals surface area contributed by atoms with Crippen LogP contribution in [0.2, 0.25) is 0 Å². The maximum Gasteiger partial charge on any atom is 0.230 e. The van der Waals surface area contributed by atoms with Crippen molar-refractivity contribution in [2.75, 3.05) is 18.2 Å². The predicted octanol–water partition coefficient (Wildman–Crippen LogP) is 2.57. The van der Waals surface area contributed by atoms with E-state index in [0.717, 1.165) is 11.4 Å². The maximum atomic E-state index is 5.62. The zero-order chi connectivity index (χ0) is 12.3. The Kier molecular flexibility index (Phi) is 3.43. The van der Waals surface area contributed by atoms with E-state index in [1.54, 1.807) is 13.2 Å². The summed E-state index contributed by atoms with van der Waals surface area (Å²) in [6.45, 7) is 0. The minimum absolute atomic E-state index is 0.400. The van der Waals surface area contributed by atoms with Crippen molar-refractivity contribution in [3.05, 3.63) is 34.9 Å². The quantitative estimate of drug-likeness (QED) is 0.851. The molecule has 1 heterocycles. The van der Waals surface area contributed by atoms with E-state index in [-0.39, 0.29) is 0 Å². The van der Waals surface area contributed by atoms with Gasteiger partial charge in [0.2, 0.25) is 5.95 Å². The van der Waals surface area contributed by atoms with Crippen LogP contribution in [0.5, 0.6) is 5.75 Å². The van der Waals surface area contributed by atoms with Crippen molar-refractivity contribution in [2.45, 2.75) is 0 Å². The molecule has 0 bridgehead atoms. The highest BCUT2D eigenvalue weighted by Gasteiger charge is 2.02. The summed E-state index contributed by atoms with van der Waals surface area (Å²) in [4.78, 5) is 8.23. The Morgan fingerprint density at radius 3 is 2.82 bits per heavy atom. The second kappa shape index (κ2) is 5.01. The molecule has 0 amide bonds. The molecule has 0 saturated carbocycles. The molecule has 1 aromatic heterocycles. The summed E-state index contributed by atoms with van der Waals surface area (Å²) in [6, 6.07) is 9.12. The average Bonchev–Trinajstić information content (AvgIpc) is 2.28. The third kappa shape index (κ3) is 3.07. The van der Waals surface area contributed by atoms with Crippen molar-refractivity contribution in [1.82, 2.24) is 9.97 Å². The summed E-state index contributed by atoms with van der Waals surface area (Å²) in [5.74, 6) is 1.60. The molecule has 0 saturated heterocycles. The number of nitrogen functional groups attached to an aromatic ring is 1. The molecule has 17 heavy (non-hydrogen) atoms. The van der Waals surface area contributed by atoms with Gasteiger partial charge >= 0.3 is 0 Å². The van der Waals surface area contributed by atoms with Crippen molar-refractivity contribution in [1.29, 1.82) is 0 Å². The molecule has 0 atom stereocenters. The van der Waals surface area contributed by atoms with Crippen LogP contribution in [0, 0.1) is 0 Å². The minimum Gasteiger partial charge on any atom is -0.497 e. The molecular formula is C11H11BrN4O. The fourth-order valence-electron chi connectivity index (χ4n) is 1.32. The lowest BCUT2D eigenvalue weighted by molar-refractivity contribution is 0.415. The van der Waals surface area contributed by atoms with Crippen LogP contribution < -0.4 is 15.8 Å². The Balaban J connectivity index is 2.24. The van der Waals surface area contributed by atoms with E-state index in [0.29, 0.717) is 16.4 Å². The van der Waals surface area contributed by atoms with E-state index in [4.69, 9.17) is 10.5 Å². The van der Waals surface area contributed by atoms with Crippen LogP contribution >= 0.6 is 15.9 Å². The third-order valence-electron chi connectivity index (χ3n) is 2.04. The first-order chi connectivity index (χ1) is 8.17. The van der Waals surface area contributed by atoms with E-state index in [9.17, 15) is 0 Å². The van der Waals surface area contributed by atoms with Gasteiger partial charge in [0.25, 0.3) is 0 Å². The van der Waals surface area contributed by atoms with Gasteiger partial charge in [-0.25, -0.2) is 4.98 Å². The highest BCUT2D eigenvalue weighted by molar-refractivity contribution is 9.10. The number of benzene rings is 1. The van der Waals surface area contributed by atoms with Gasteiger partial charge in [0.05, 0.1) is 7.11 Å². The predicted molar refractivity (Wildman–Crippen MR) is 70.4 cm³/mol. The van der Waals surface area contributed by atoms with Crippen LogP contribution in [-0.4, -0.2) is 17.1 Å². The molecule has 2 rings (SSSR count). The lowest BCUT2D eigenvalue weighted by Gasteiger charge is -2.07. The monoisotopic (exact) mass is 294 g/mol. The van der Waals surface area contributed by atoms with Crippen molar-refractivity contribution < 1.29 is 4.74 Å². The van der Waals surface area contributed by atoms with E-state index < -0.39 is 0 Å². The molecule has 3 N–H and O–H groups in total. The normalized spacial score (nSPS) is 10.0. The van der Waals surface area contributed by atoms with Crippen LogP contribution in [0.1, 0.15) is 0 Å². The molecule has 1 aromatic carbocycles. The van der Waals surface area contributed by atoms with Crippen LogP contribution in [0.3, 0.4) is 0 Å². The summed E-state index contributed by atoms with van der Waals surface area (Å²) in [5, 5.41) is 3.05. The number of hydrogen-bond donors (Lipinski definition) is 2. The topological polar surface area (TPSA) is 73.1 Å². The third-order valence-corrected chi connectivity index (χ3v) is 2.45. The number of aromatic nitrogens is 2. The minimum atomic E-state index is 0.400. The number of hydrogen-bond acceptors (Lipinski definition) is 5. The molecule has 0 unspecified atom stereocenters. The number of ether oxygens (including phenoxy) is 1. The number of nitrogens with one attached hydrogen (secondary N) is 1. The van der Waals surface area contributed by atoms with Crippen molar-refractivity contribution in [3.63, 3.8) is 0 Å². The van der Waals surface area contributed by atoms with Crippen LogP contribution in [0.15, 0.2) is 34.9 Å². The average molecular weight is 295 g/mol. The molecule has 0 spiro atoms. The number of nitrogens with zero attached hydrogens (tertiary/aromatic N) is 2. The SMILES string of the molecule is COc1cccc(Nc2nc(N)cc(Br)n2)c1. The van der Waals surface area contributed by atoms with Crippen molar-refractivity contribution >= 4 is 33.4 Å². The fourth-order valence-corrected chi connectivity index (χ4v) is 1.72. The first kappa shape index (κ1) is 11.7. The summed E-state index contributed by atoms with van der Waals surface area (Å²) < 4.78 is 5.76. The van der Waals surface area contributed by atoms with Gasteiger partial charge in [0, 0.05) is 17.8 Å². The Morgan fingerprint density at radius 1 is 1.29 bits per heavy atom. The van der Waals surface area contributed by atoms with Gasteiger partial charge in [-0.1, -0.05) is 6.07 Å². The zero-order valence-corrected chi connectivity index (χ0v) is 10.7. The summed E-state index contributed by atoms with van der Waals surface area (Å²) >= 11 is 3.26. The first-order valence-corrected chi connectivity index (χ1v) is 5.68. The molecule has 0 fully saturated rings. The molecule has 88 valence electrons. The van der Waals surface area contributed by atoms with Gasteiger partial charge in [0.1, 0.15) is 16.2 Å². The molecule has 6 heteroatoms. The Bertz CT molecular complexity index is 512. The second-order valence-electron chi connectivity index (χ2n) is 3.30. The summed E-state index contributed by atoms with van der Waals surface area (Å²) in [5.41, 5.74) is 6.46. The fraction of sp³-hybridized carbons (Fsp3) is 0.0909. The molecule has 2 aromatic rings. The van der Waals surface area contributed by atoms with Gasteiger partial charge in [-0.2, -0.15) is 4.98 Å². The highest BCUT2D eigenvalue weighted by atomic mass is 79.9. The Labute approximate surface area is 107 Å². The second-order valence-corrected chi connectivity index (χ2v) is 4.11. The Hall–Kier alpha value is -1.82.